The molecule has 0 bridgehead atoms. The minimum atomic E-state index is -0.132. The highest BCUT2D eigenvalue weighted by Crippen LogP contribution is 2.07. The summed E-state index contributed by atoms with van der Waals surface area (Å²) in [6.07, 6.45) is 1.48. The van der Waals surface area contributed by atoms with Gasteiger partial charge in [0, 0.05) is 6.07 Å². The lowest BCUT2D eigenvalue weighted by Crippen LogP contribution is -2.15. The number of amidine groups is 1. The van der Waals surface area contributed by atoms with Crippen LogP contribution in [-0.4, -0.2) is 37.9 Å². The smallest absolute Gasteiger partial charge is 0.219 e. The van der Waals surface area contributed by atoms with Crippen molar-refractivity contribution in [1.82, 2.24) is 19.7 Å². The molecule has 2 aromatic rings. The summed E-state index contributed by atoms with van der Waals surface area (Å²) in [7, 11) is 1.55. The highest BCUT2D eigenvalue weighted by Gasteiger charge is 2.06. The fraction of sp³-hybridized carbons (Fsp3) is 0.200. The Bertz CT molecular complexity index is 565. The van der Waals surface area contributed by atoms with Gasteiger partial charge in [0.25, 0.3) is 0 Å². The molecular formula is C10H12N6O2. The standard InChI is InChI=1S/C10H12N6O2/c1-18-8-4-2-3-7(13-8)5-16-6-12-10(14-16)9(11)15-17/h2-4,6,17H,5H2,1H3,(H2,11,15). The van der Waals surface area contributed by atoms with Crippen molar-refractivity contribution >= 4 is 5.84 Å². The lowest BCUT2D eigenvalue weighted by atomic mass is 10.3. The van der Waals surface area contributed by atoms with Gasteiger partial charge in [0.2, 0.25) is 17.5 Å². The van der Waals surface area contributed by atoms with Crippen molar-refractivity contribution < 1.29 is 9.94 Å². The molecule has 18 heavy (non-hydrogen) atoms. The molecule has 0 saturated carbocycles. The number of nitrogens with zero attached hydrogens (tertiary/aromatic N) is 5. The van der Waals surface area contributed by atoms with E-state index in [1.54, 1.807) is 13.2 Å². The quantitative estimate of drug-likeness (QED) is 0.336. The lowest BCUT2D eigenvalue weighted by molar-refractivity contribution is 0.318. The molecule has 0 amide bonds. The molecule has 8 heteroatoms. The zero-order valence-electron chi connectivity index (χ0n) is 9.69. The van der Waals surface area contributed by atoms with Gasteiger partial charge in [0.05, 0.1) is 19.3 Å². The van der Waals surface area contributed by atoms with Crippen LogP contribution in [0.4, 0.5) is 0 Å². The van der Waals surface area contributed by atoms with E-state index in [1.165, 1.54) is 11.0 Å². The molecule has 0 aliphatic heterocycles. The summed E-state index contributed by atoms with van der Waals surface area (Å²) in [6.45, 7) is 0.420. The molecule has 94 valence electrons. The molecule has 0 unspecified atom stereocenters. The second-order valence-corrected chi connectivity index (χ2v) is 3.42. The monoisotopic (exact) mass is 248 g/mol. The molecule has 0 saturated heterocycles. The number of hydrogen-bond acceptors (Lipinski definition) is 6. The normalized spacial score (nSPS) is 11.5. The summed E-state index contributed by atoms with van der Waals surface area (Å²) in [5.41, 5.74) is 6.14. The summed E-state index contributed by atoms with van der Waals surface area (Å²) in [5.74, 6) is 0.567. The van der Waals surface area contributed by atoms with Gasteiger partial charge in [0.15, 0.2) is 0 Å². The Morgan fingerprint density at radius 2 is 2.39 bits per heavy atom. The first kappa shape index (κ1) is 11.8. The molecule has 3 N–H and O–H groups in total. The van der Waals surface area contributed by atoms with Crippen molar-refractivity contribution in [2.75, 3.05) is 7.11 Å². The summed E-state index contributed by atoms with van der Waals surface area (Å²) in [4.78, 5) is 8.14. The summed E-state index contributed by atoms with van der Waals surface area (Å²) < 4.78 is 6.56. The predicted octanol–water partition coefficient (Wildman–Crippen LogP) is -0.176. The first-order valence-corrected chi connectivity index (χ1v) is 5.10. The van der Waals surface area contributed by atoms with E-state index >= 15 is 0 Å². The van der Waals surface area contributed by atoms with Gasteiger partial charge in [-0.15, -0.1) is 5.10 Å². The summed E-state index contributed by atoms with van der Waals surface area (Å²) in [6, 6.07) is 5.43. The van der Waals surface area contributed by atoms with Crippen molar-refractivity contribution in [3.05, 3.63) is 36.0 Å². The minimum absolute atomic E-state index is 0.132. The summed E-state index contributed by atoms with van der Waals surface area (Å²) in [5, 5.41) is 15.4. The average molecular weight is 248 g/mol. The van der Waals surface area contributed by atoms with Crippen molar-refractivity contribution in [3.8, 4) is 5.88 Å². The molecule has 2 heterocycles. The van der Waals surface area contributed by atoms with Crippen LogP contribution in [0, 0.1) is 0 Å². The maximum absolute atomic E-state index is 8.50. The molecule has 0 radical (unpaired) electrons. The average Bonchev–Trinajstić information content (AvgIpc) is 2.86. The van der Waals surface area contributed by atoms with E-state index in [4.69, 9.17) is 15.7 Å². The van der Waals surface area contributed by atoms with Crippen LogP contribution < -0.4 is 10.5 Å². The van der Waals surface area contributed by atoms with Crippen molar-refractivity contribution in [2.45, 2.75) is 6.54 Å². The van der Waals surface area contributed by atoms with E-state index in [2.05, 4.69) is 20.2 Å². The van der Waals surface area contributed by atoms with Gasteiger partial charge in [-0.25, -0.2) is 14.6 Å². The van der Waals surface area contributed by atoms with E-state index in [9.17, 15) is 0 Å². The first-order chi connectivity index (χ1) is 8.72. The van der Waals surface area contributed by atoms with Crippen LogP contribution >= 0.6 is 0 Å². The second-order valence-electron chi connectivity index (χ2n) is 3.42. The lowest BCUT2D eigenvalue weighted by Gasteiger charge is -2.02. The Hall–Kier alpha value is -2.64. The molecule has 0 aliphatic carbocycles. The van der Waals surface area contributed by atoms with Crippen molar-refractivity contribution in [2.24, 2.45) is 10.9 Å². The molecule has 0 atom stereocenters. The van der Waals surface area contributed by atoms with Crippen LogP contribution in [0.1, 0.15) is 11.5 Å². The molecule has 2 aromatic heterocycles. The fourth-order valence-electron chi connectivity index (χ4n) is 1.36. The second kappa shape index (κ2) is 5.13. The molecular weight excluding hydrogens is 236 g/mol. The van der Waals surface area contributed by atoms with Crippen LogP contribution in [0.3, 0.4) is 0 Å². The van der Waals surface area contributed by atoms with Gasteiger partial charge in [0.1, 0.15) is 6.33 Å². The van der Waals surface area contributed by atoms with Gasteiger partial charge in [-0.05, 0) is 6.07 Å². The van der Waals surface area contributed by atoms with E-state index in [0.717, 1.165) is 5.69 Å². The predicted molar refractivity (Wildman–Crippen MR) is 62.4 cm³/mol. The Morgan fingerprint density at radius 3 is 3.11 bits per heavy atom. The number of ether oxygens (including phenoxy) is 1. The highest BCUT2D eigenvalue weighted by atomic mass is 16.5. The van der Waals surface area contributed by atoms with Crippen LogP contribution in [0.15, 0.2) is 29.7 Å². The topological polar surface area (TPSA) is 111 Å². The van der Waals surface area contributed by atoms with E-state index in [0.29, 0.717) is 12.4 Å². The van der Waals surface area contributed by atoms with E-state index in [-0.39, 0.29) is 11.7 Å². The van der Waals surface area contributed by atoms with Gasteiger partial charge in [-0.2, -0.15) is 0 Å². The third-order valence-electron chi connectivity index (χ3n) is 2.19. The third-order valence-corrected chi connectivity index (χ3v) is 2.19. The number of methoxy groups -OCH3 is 1. The van der Waals surface area contributed by atoms with Gasteiger partial charge < -0.3 is 15.7 Å². The molecule has 0 aliphatic rings. The van der Waals surface area contributed by atoms with Gasteiger partial charge in [-0.1, -0.05) is 11.2 Å². The molecule has 0 fully saturated rings. The maximum atomic E-state index is 8.50. The third kappa shape index (κ3) is 2.54. The zero-order valence-corrected chi connectivity index (χ0v) is 9.69. The van der Waals surface area contributed by atoms with Gasteiger partial charge >= 0.3 is 0 Å². The van der Waals surface area contributed by atoms with Crippen LogP contribution in [0.2, 0.25) is 0 Å². The fourth-order valence-corrected chi connectivity index (χ4v) is 1.36. The Morgan fingerprint density at radius 1 is 1.56 bits per heavy atom. The Kier molecular flexibility index (Phi) is 3.37. The number of nitrogens with two attached hydrogens (primary N) is 1. The SMILES string of the molecule is COc1cccc(Cn2cnc(C(N)=NO)n2)n1. The molecule has 0 aromatic carbocycles. The first-order valence-electron chi connectivity index (χ1n) is 5.10. The van der Waals surface area contributed by atoms with E-state index < -0.39 is 0 Å². The number of pyridine rings is 1. The molecule has 8 nitrogen and oxygen atoms in total. The number of aromatic nitrogens is 4. The Balaban J connectivity index is 2.16. The van der Waals surface area contributed by atoms with Crippen LogP contribution in [-0.2, 0) is 6.54 Å². The van der Waals surface area contributed by atoms with E-state index in [1.807, 2.05) is 12.1 Å². The van der Waals surface area contributed by atoms with Crippen LogP contribution in [0.5, 0.6) is 5.88 Å². The largest absolute Gasteiger partial charge is 0.481 e. The highest BCUT2D eigenvalue weighted by molar-refractivity contribution is 5.93. The molecule has 0 spiro atoms. The van der Waals surface area contributed by atoms with Gasteiger partial charge in [-0.3, -0.25) is 0 Å². The Labute approximate surface area is 103 Å². The minimum Gasteiger partial charge on any atom is -0.481 e. The maximum Gasteiger partial charge on any atom is 0.219 e. The summed E-state index contributed by atoms with van der Waals surface area (Å²) >= 11 is 0. The number of hydrogen-bond donors (Lipinski definition) is 2. The van der Waals surface area contributed by atoms with Crippen molar-refractivity contribution in [1.29, 1.82) is 0 Å². The number of oxime groups is 1. The van der Waals surface area contributed by atoms with Crippen LogP contribution in [0.25, 0.3) is 0 Å². The zero-order chi connectivity index (χ0) is 13.0. The molecule has 2 rings (SSSR count). The van der Waals surface area contributed by atoms with Crippen molar-refractivity contribution in [3.63, 3.8) is 0 Å². The number of rotatable bonds is 4.